The van der Waals surface area contributed by atoms with Gasteiger partial charge >= 0.3 is 11.8 Å². The molecule has 0 aliphatic heterocycles. The molecule has 0 saturated carbocycles. The molecule has 154 valence electrons. The summed E-state index contributed by atoms with van der Waals surface area (Å²) in [7, 11) is 0. The van der Waals surface area contributed by atoms with Gasteiger partial charge in [0.15, 0.2) is 0 Å². The Kier molecular flexibility index (Phi) is 8.95. The Balaban J connectivity index is 2.07. The minimum Gasteiger partial charge on any atom is -0.488 e. The first-order chi connectivity index (χ1) is 13.8. The van der Waals surface area contributed by atoms with E-state index in [0.29, 0.717) is 26.9 Å². The fourth-order valence-electron chi connectivity index (χ4n) is 2.17. The van der Waals surface area contributed by atoms with Crippen molar-refractivity contribution in [3.8, 4) is 5.75 Å². The molecule has 0 heterocycles. The van der Waals surface area contributed by atoms with Gasteiger partial charge in [0, 0.05) is 31.7 Å². The highest BCUT2D eigenvalue weighted by Gasteiger charge is 2.14. The van der Waals surface area contributed by atoms with Crippen molar-refractivity contribution in [2.45, 2.75) is 32.9 Å². The standard InChI is InChI=1S/C20H20BrCl2N3O3/c1-3-12(2)25-19(27)20(28)26-24-10-13-9-14(21)7-8-18(13)29-11-15-16(22)5-4-6-17(15)23/h4-10,12H,3,11H2,1-2H3,(H,25,27)(H,26,28)/b24-10-/t12-/m1/s1. The molecule has 0 saturated heterocycles. The number of rotatable bonds is 7. The predicted octanol–water partition coefficient (Wildman–Crippen LogP) is 4.70. The summed E-state index contributed by atoms with van der Waals surface area (Å²) in [6.07, 6.45) is 2.11. The van der Waals surface area contributed by atoms with Gasteiger partial charge in [-0.2, -0.15) is 5.10 Å². The van der Waals surface area contributed by atoms with Crippen LogP contribution in [0.25, 0.3) is 0 Å². The number of carbonyl (C=O) groups is 2. The first-order valence-corrected chi connectivity index (χ1v) is 10.4. The van der Waals surface area contributed by atoms with Crippen LogP contribution in [0.2, 0.25) is 10.0 Å². The van der Waals surface area contributed by atoms with E-state index in [4.69, 9.17) is 27.9 Å². The summed E-state index contributed by atoms with van der Waals surface area (Å²) in [6.45, 7) is 3.88. The third-order valence-corrected chi connectivity index (χ3v) is 5.17. The zero-order chi connectivity index (χ0) is 21.4. The second-order valence-corrected chi connectivity index (χ2v) is 7.88. The lowest BCUT2D eigenvalue weighted by Gasteiger charge is -2.12. The van der Waals surface area contributed by atoms with Crippen LogP contribution in [0.3, 0.4) is 0 Å². The Labute approximate surface area is 187 Å². The molecule has 6 nitrogen and oxygen atoms in total. The molecule has 0 aromatic heterocycles. The fourth-order valence-corrected chi connectivity index (χ4v) is 3.06. The average Bonchev–Trinajstić information content (AvgIpc) is 2.68. The van der Waals surface area contributed by atoms with Crippen LogP contribution >= 0.6 is 39.1 Å². The second kappa shape index (κ2) is 11.2. The first-order valence-electron chi connectivity index (χ1n) is 8.81. The Bertz CT molecular complexity index is 902. The number of benzene rings is 2. The number of carbonyl (C=O) groups excluding carboxylic acids is 2. The minimum atomic E-state index is -0.845. The number of nitrogens with zero attached hydrogens (tertiary/aromatic N) is 1. The monoisotopic (exact) mass is 499 g/mol. The van der Waals surface area contributed by atoms with Crippen molar-refractivity contribution in [2.24, 2.45) is 5.10 Å². The highest BCUT2D eigenvalue weighted by atomic mass is 79.9. The number of halogens is 3. The van der Waals surface area contributed by atoms with E-state index in [1.165, 1.54) is 6.21 Å². The summed E-state index contributed by atoms with van der Waals surface area (Å²) in [5, 5.41) is 7.42. The van der Waals surface area contributed by atoms with Gasteiger partial charge in [0.05, 0.1) is 6.21 Å². The van der Waals surface area contributed by atoms with Crippen LogP contribution in [0, 0.1) is 0 Å². The molecule has 0 radical (unpaired) electrons. The van der Waals surface area contributed by atoms with Gasteiger partial charge in [0.25, 0.3) is 0 Å². The summed E-state index contributed by atoms with van der Waals surface area (Å²) in [5.74, 6) is -1.08. The van der Waals surface area contributed by atoms with Gasteiger partial charge in [-0.05, 0) is 43.7 Å². The van der Waals surface area contributed by atoms with Gasteiger partial charge in [-0.25, -0.2) is 5.43 Å². The minimum absolute atomic E-state index is 0.0982. The van der Waals surface area contributed by atoms with E-state index in [2.05, 4.69) is 31.8 Å². The van der Waals surface area contributed by atoms with Crippen molar-refractivity contribution in [1.82, 2.24) is 10.7 Å². The van der Waals surface area contributed by atoms with Crippen LogP contribution in [0.4, 0.5) is 0 Å². The van der Waals surface area contributed by atoms with Gasteiger partial charge < -0.3 is 10.1 Å². The molecular weight excluding hydrogens is 481 g/mol. The molecule has 0 spiro atoms. The Hall–Kier alpha value is -2.09. The summed E-state index contributed by atoms with van der Waals surface area (Å²) in [6, 6.07) is 10.4. The third kappa shape index (κ3) is 7.03. The highest BCUT2D eigenvalue weighted by Crippen LogP contribution is 2.27. The molecule has 2 aromatic carbocycles. The van der Waals surface area contributed by atoms with E-state index >= 15 is 0 Å². The molecule has 0 aliphatic rings. The molecule has 0 fully saturated rings. The molecule has 0 aliphatic carbocycles. The van der Waals surface area contributed by atoms with Crippen molar-refractivity contribution in [1.29, 1.82) is 0 Å². The van der Waals surface area contributed by atoms with E-state index in [-0.39, 0.29) is 12.6 Å². The van der Waals surface area contributed by atoms with E-state index in [0.717, 1.165) is 10.9 Å². The van der Waals surface area contributed by atoms with E-state index in [9.17, 15) is 9.59 Å². The van der Waals surface area contributed by atoms with Gasteiger partial charge in [0.2, 0.25) is 0 Å². The summed E-state index contributed by atoms with van der Waals surface area (Å²) < 4.78 is 6.63. The lowest BCUT2D eigenvalue weighted by Crippen LogP contribution is -2.41. The van der Waals surface area contributed by atoms with Crippen molar-refractivity contribution in [3.05, 3.63) is 62.0 Å². The topological polar surface area (TPSA) is 79.8 Å². The Morgan fingerprint density at radius 1 is 1.21 bits per heavy atom. The summed E-state index contributed by atoms with van der Waals surface area (Å²) >= 11 is 15.7. The zero-order valence-corrected chi connectivity index (χ0v) is 18.9. The highest BCUT2D eigenvalue weighted by molar-refractivity contribution is 9.10. The molecule has 0 unspecified atom stereocenters. The fraction of sp³-hybridized carbons (Fsp3) is 0.250. The number of hydrazone groups is 1. The van der Waals surface area contributed by atoms with Crippen LogP contribution in [0.5, 0.6) is 5.75 Å². The van der Waals surface area contributed by atoms with E-state index in [1.807, 2.05) is 13.8 Å². The van der Waals surface area contributed by atoms with Crippen molar-refractivity contribution in [3.63, 3.8) is 0 Å². The van der Waals surface area contributed by atoms with Crippen molar-refractivity contribution >= 4 is 57.2 Å². The summed E-state index contributed by atoms with van der Waals surface area (Å²) in [4.78, 5) is 23.6. The number of amides is 2. The third-order valence-electron chi connectivity index (χ3n) is 3.97. The normalized spacial score (nSPS) is 11.9. The van der Waals surface area contributed by atoms with Crippen LogP contribution in [-0.4, -0.2) is 24.1 Å². The Morgan fingerprint density at radius 2 is 1.90 bits per heavy atom. The molecular formula is C20H20BrCl2N3O3. The number of hydrogen-bond acceptors (Lipinski definition) is 4. The first kappa shape index (κ1) is 23.2. The number of nitrogens with one attached hydrogen (secondary N) is 2. The van der Waals surface area contributed by atoms with Crippen LogP contribution in [-0.2, 0) is 16.2 Å². The zero-order valence-electron chi connectivity index (χ0n) is 15.8. The van der Waals surface area contributed by atoms with Gasteiger partial charge in [-0.1, -0.05) is 52.1 Å². The largest absolute Gasteiger partial charge is 0.488 e. The second-order valence-electron chi connectivity index (χ2n) is 6.15. The molecule has 9 heteroatoms. The maximum atomic E-state index is 11.8. The number of ether oxygens (including phenoxy) is 1. The lowest BCUT2D eigenvalue weighted by atomic mass is 10.2. The van der Waals surface area contributed by atoms with E-state index < -0.39 is 11.8 Å². The van der Waals surface area contributed by atoms with Crippen molar-refractivity contribution < 1.29 is 14.3 Å². The van der Waals surface area contributed by atoms with Gasteiger partial charge in [-0.15, -0.1) is 0 Å². The lowest BCUT2D eigenvalue weighted by molar-refractivity contribution is -0.139. The maximum absolute atomic E-state index is 11.8. The van der Waals surface area contributed by atoms with Gasteiger partial charge in [0.1, 0.15) is 12.4 Å². The molecule has 0 bridgehead atoms. The molecule has 2 N–H and O–H groups in total. The number of hydrogen-bond donors (Lipinski definition) is 2. The summed E-state index contributed by atoms with van der Waals surface area (Å²) in [5.41, 5.74) is 3.46. The SMILES string of the molecule is CC[C@@H](C)NC(=O)C(=O)N/N=C\c1cc(Br)ccc1OCc1c(Cl)cccc1Cl. The van der Waals surface area contributed by atoms with Crippen molar-refractivity contribution in [2.75, 3.05) is 0 Å². The van der Waals surface area contributed by atoms with E-state index in [1.54, 1.807) is 36.4 Å². The van der Waals surface area contributed by atoms with Crippen LogP contribution in [0.1, 0.15) is 31.4 Å². The molecule has 2 rings (SSSR count). The maximum Gasteiger partial charge on any atom is 0.329 e. The molecule has 2 amide bonds. The van der Waals surface area contributed by atoms with Gasteiger partial charge in [-0.3, -0.25) is 9.59 Å². The molecule has 2 aromatic rings. The van der Waals surface area contributed by atoms with Crippen LogP contribution < -0.4 is 15.5 Å². The molecule has 1 atom stereocenters. The predicted molar refractivity (Wildman–Crippen MR) is 119 cm³/mol. The molecule has 29 heavy (non-hydrogen) atoms. The quantitative estimate of drug-likeness (QED) is 0.328. The van der Waals surface area contributed by atoms with Crippen LogP contribution in [0.15, 0.2) is 46.0 Å². The average molecular weight is 501 g/mol. The Morgan fingerprint density at radius 3 is 2.55 bits per heavy atom. The smallest absolute Gasteiger partial charge is 0.329 e.